The number of anilines is 2. The third-order valence-electron chi connectivity index (χ3n) is 4.40. The lowest BCUT2D eigenvalue weighted by atomic mass is 10.1. The Bertz CT molecular complexity index is 948. The maximum atomic E-state index is 12.9. The molecule has 3 aromatic rings. The van der Waals surface area contributed by atoms with Gasteiger partial charge in [0.05, 0.1) is 17.4 Å². The van der Waals surface area contributed by atoms with E-state index in [4.69, 9.17) is 0 Å². The minimum absolute atomic E-state index is 0.0343. The van der Waals surface area contributed by atoms with E-state index in [1.54, 1.807) is 11.0 Å². The van der Waals surface area contributed by atoms with E-state index >= 15 is 0 Å². The maximum Gasteiger partial charge on any atom is 0.256 e. The van der Waals surface area contributed by atoms with Crippen LogP contribution in [0.4, 0.5) is 15.9 Å². The number of carbonyl (C=O) groups excluding carboxylic acids is 1. The van der Waals surface area contributed by atoms with E-state index in [1.165, 1.54) is 12.3 Å². The number of amides is 1. The number of fused-ring (bicyclic) bond motifs is 3. The van der Waals surface area contributed by atoms with Crippen molar-refractivity contribution in [2.24, 2.45) is 7.05 Å². The first-order chi connectivity index (χ1) is 11.5. The van der Waals surface area contributed by atoms with Crippen LogP contribution in [-0.4, -0.2) is 38.9 Å². The highest BCUT2D eigenvalue weighted by atomic mass is 19.1. The SMILES string of the molecule is CN1CCc2c(c3ccc(Nc4ccc(F)nc4)nc3n2C)C1=O. The van der Waals surface area contributed by atoms with Crippen LogP contribution in [0.3, 0.4) is 0 Å². The molecule has 3 aromatic heterocycles. The number of aromatic nitrogens is 3. The zero-order chi connectivity index (χ0) is 16.8. The number of likely N-dealkylation sites (N-methyl/N-ethyl adjacent to an activating group) is 1. The van der Waals surface area contributed by atoms with Crippen molar-refractivity contribution in [3.63, 3.8) is 0 Å². The molecule has 1 aliphatic heterocycles. The van der Waals surface area contributed by atoms with Crippen LogP contribution >= 0.6 is 0 Å². The molecule has 0 fully saturated rings. The molecule has 0 unspecified atom stereocenters. The fourth-order valence-electron chi connectivity index (χ4n) is 3.11. The number of nitrogens with one attached hydrogen (secondary N) is 1. The second-order valence-electron chi connectivity index (χ2n) is 5.92. The molecule has 1 amide bonds. The van der Waals surface area contributed by atoms with Crippen molar-refractivity contribution in [2.45, 2.75) is 6.42 Å². The normalized spacial score (nSPS) is 14.1. The molecule has 0 saturated carbocycles. The molecule has 1 aliphatic rings. The summed E-state index contributed by atoms with van der Waals surface area (Å²) in [7, 11) is 3.74. The Morgan fingerprint density at radius 1 is 1.21 bits per heavy atom. The number of carbonyl (C=O) groups is 1. The summed E-state index contributed by atoms with van der Waals surface area (Å²) in [5.74, 6) is 0.128. The fraction of sp³-hybridized carbons (Fsp3) is 0.235. The van der Waals surface area contributed by atoms with Gasteiger partial charge in [0.2, 0.25) is 5.95 Å². The molecule has 0 aliphatic carbocycles. The number of rotatable bonds is 2. The molecule has 0 radical (unpaired) electrons. The summed E-state index contributed by atoms with van der Waals surface area (Å²) in [5.41, 5.74) is 3.16. The average Bonchev–Trinajstić information content (AvgIpc) is 2.86. The molecule has 122 valence electrons. The number of nitrogens with zero attached hydrogens (tertiary/aromatic N) is 4. The first kappa shape index (κ1) is 14.6. The van der Waals surface area contributed by atoms with Crippen molar-refractivity contribution in [2.75, 3.05) is 18.9 Å². The Morgan fingerprint density at radius 2 is 2.04 bits per heavy atom. The summed E-state index contributed by atoms with van der Waals surface area (Å²) in [6.45, 7) is 0.711. The third kappa shape index (κ3) is 2.20. The second-order valence-corrected chi connectivity index (χ2v) is 5.92. The lowest BCUT2D eigenvalue weighted by Crippen LogP contribution is -2.34. The average molecular weight is 325 g/mol. The molecule has 0 bridgehead atoms. The van der Waals surface area contributed by atoms with Crippen molar-refractivity contribution < 1.29 is 9.18 Å². The van der Waals surface area contributed by atoms with Crippen LogP contribution in [0, 0.1) is 5.95 Å². The molecule has 0 spiro atoms. The van der Waals surface area contributed by atoms with E-state index in [1.807, 2.05) is 30.8 Å². The summed E-state index contributed by atoms with van der Waals surface area (Å²) in [6, 6.07) is 6.60. The van der Waals surface area contributed by atoms with Crippen LogP contribution in [0.5, 0.6) is 0 Å². The molecule has 4 rings (SSSR count). The molecular weight excluding hydrogens is 309 g/mol. The van der Waals surface area contributed by atoms with Crippen molar-refractivity contribution in [1.82, 2.24) is 19.4 Å². The Kier molecular flexibility index (Phi) is 3.23. The highest BCUT2D eigenvalue weighted by molar-refractivity contribution is 6.08. The van der Waals surface area contributed by atoms with Crippen LogP contribution in [0.2, 0.25) is 0 Å². The quantitative estimate of drug-likeness (QED) is 0.735. The molecule has 7 heteroatoms. The van der Waals surface area contributed by atoms with Crippen LogP contribution in [0.25, 0.3) is 11.0 Å². The van der Waals surface area contributed by atoms with Gasteiger partial charge in [0, 0.05) is 38.1 Å². The Balaban J connectivity index is 1.78. The third-order valence-corrected chi connectivity index (χ3v) is 4.40. The fourth-order valence-corrected chi connectivity index (χ4v) is 3.11. The summed E-state index contributed by atoms with van der Waals surface area (Å²) in [5, 5.41) is 3.96. The molecule has 6 nitrogen and oxygen atoms in total. The van der Waals surface area contributed by atoms with E-state index in [9.17, 15) is 9.18 Å². The second kappa shape index (κ2) is 5.30. The highest BCUT2D eigenvalue weighted by Gasteiger charge is 2.28. The number of halogens is 1. The predicted molar refractivity (Wildman–Crippen MR) is 88.9 cm³/mol. The summed E-state index contributed by atoms with van der Waals surface area (Å²) in [6.07, 6.45) is 2.23. The van der Waals surface area contributed by atoms with E-state index in [-0.39, 0.29) is 5.91 Å². The molecule has 0 aromatic carbocycles. The van der Waals surface area contributed by atoms with Gasteiger partial charge in [-0.05, 0) is 24.3 Å². The Morgan fingerprint density at radius 3 is 2.79 bits per heavy atom. The largest absolute Gasteiger partial charge is 0.341 e. The van der Waals surface area contributed by atoms with Gasteiger partial charge in [-0.25, -0.2) is 9.97 Å². The van der Waals surface area contributed by atoms with Crippen LogP contribution in [0.15, 0.2) is 30.5 Å². The van der Waals surface area contributed by atoms with Gasteiger partial charge in [-0.3, -0.25) is 4.79 Å². The van der Waals surface area contributed by atoms with Gasteiger partial charge >= 0.3 is 0 Å². The first-order valence-corrected chi connectivity index (χ1v) is 7.67. The minimum Gasteiger partial charge on any atom is -0.341 e. The standard InChI is InChI=1S/C17H16FN5O/c1-22-8-7-12-15(17(22)24)11-4-6-14(21-16(11)23(12)2)20-10-3-5-13(18)19-9-10/h3-6,9H,7-8H2,1-2H3,(H,20,21). The van der Waals surface area contributed by atoms with Crippen molar-refractivity contribution >= 4 is 28.4 Å². The Labute approximate surface area is 137 Å². The first-order valence-electron chi connectivity index (χ1n) is 7.67. The van der Waals surface area contributed by atoms with Crippen LogP contribution in [-0.2, 0) is 13.5 Å². The summed E-state index contributed by atoms with van der Waals surface area (Å²) >= 11 is 0. The van der Waals surface area contributed by atoms with Gasteiger partial charge < -0.3 is 14.8 Å². The molecule has 0 saturated heterocycles. The number of hydrogen-bond acceptors (Lipinski definition) is 4. The van der Waals surface area contributed by atoms with Gasteiger partial charge in [-0.1, -0.05) is 0 Å². The zero-order valence-electron chi connectivity index (χ0n) is 13.4. The van der Waals surface area contributed by atoms with Gasteiger partial charge in [-0.2, -0.15) is 4.39 Å². The smallest absolute Gasteiger partial charge is 0.256 e. The van der Waals surface area contributed by atoms with Gasteiger partial charge in [0.15, 0.2) is 0 Å². The highest BCUT2D eigenvalue weighted by Crippen LogP contribution is 2.30. The Hall–Kier alpha value is -2.96. The van der Waals surface area contributed by atoms with Crippen molar-refractivity contribution in [3.8, 4) is 0 Å². The van der Waals surface area contributed by atoms with Crippen LogP contribution in [0.1, 0.15) is 16.1 Å². The van der Waals surface area contributed by atoms with Crippen molar-refractivity contribution in [1.29, 1.82) is 0 Å². The van der Waals surface area contributed by atoms with Crippen molar-refractivity contribution in [3.05, 3.63) is 47.7 Å². The lowest BCUT2D eigenvalue weighted by Gasteiger charge is -2.23. The number of aryl methyl sites for hydroxylation is 1. The van der Waals surface area contributed by atoms with E-state index < -0.39 is 5.95 Å². The van der Waals surface area contributed by atoms with Crippen LogP contribution < -0.4 is 5.32 Å². The lowest BCUT2D eigenvalue weighted by molar-refractivity contribution is 0.0781. The number of hydrogen-bond donors (Lipinski definition) is 1. The van der Waals surface area contributed by atoms with Gasteiger partial charge in [0.1, 0.15) is 11.5 Å². The molecule has 0 atom stereocenters. The van der Waals surface area contributed by atoms with E-state index in [2.05, 4.69) is 15.3 Å². The zero-order valence-corrected chi connectivity index (χ0v) is 13.4. The molecular formula is C17H16FN5O. The number of pyridine rings is 2. The summed E-state index contributed by atoms with van der Waals surface area (Å²) < 4.78 is 14.9. The summed E-state index contributed by atoms with van der Waals surface area (Å²) in [4.78, 5) is 22.4. The minimum atomic E-state index is -0.526. The van der Waals surface area contributed by atoms with Gasteiger partial charge in [-0.15, -0.1) is 0 Å². The molecule has 1 N–H and O–H groups in total. The molecule has 4 heterocycles. The topological polar surface area (TPSA) is 63.0 Å². The monoisotopic (exact) mass is 325 g/mol. The van der Waals surface area contributed by atoms with E-state index in [0.29, 0.717) is 18.1 Å². The molecule has 24 heavy (non-hydrogen) atoms. The predicted octanol–water partition coefficient (Wildman–Crippen LogP) is 2.48. The van der Waals surface area contributed by atoms with Gasteiger partial charge in [0.25, 0.3) is 5.91 Å². The van der Waals surface area contributed by atoms with E-state index in [0.717, 1.165) is 28.7 Å². The maximum absolute atomic E-state index is 12.9.